The molecule has 0 aromatic rings. The zero-order chi connectivity index (χ0) is 7.98. The Hall–Kier alpha value is -0.0800. The highest BCUT2D eigenvalue weighted by Gasteiger charge is 2.07. The fourth-order valence-electron chi connectivity index (χ4n) is 1.14. The molecule has 1 N–H and O–H groups in total. The molecular formula is C8H19NO. The molecule has 0 aromatic heterocycles. The van der Waals surface area contributed by atoms with E-state index in [1.807, 2.05) is 0 Å². The molecule has 0 saturated heterocycles. The van der Waals surface area contributed by atoms with Crippen molar-refractivity contribution in [3.63, 3.8) is 0 Å². The average Bonchev–Trinajstić information content (AvgIpc) is 1.87. The predicted molar refractivity (Wildman–Crippen MR) is 44.1 cm³/mol. The Morgan fingerprint density at radius 3 is 2.20 bits per heavy atom. The van der Waals surface area contributed by atoms with Crippen molar-refractivity contribution in [1.82, 2.24) is 4.90 Å². The molecule has 2 nitrogen and oxygen atoms in total. The lowest BCUT2D eigenvalue weighted by molar-refractivity contribution is 0.200. The lowest BCUT2D eigenvalue weighted by Gasteiger charge is -2.22. The van der Waals surface area contributed by atoms with Crippen LogP contribution in [0.3, 0.4) is 0 Å². The molecule has 62 valence electrons. The van der Waals surface area contributed by atoms with E-state index in [9.17, 15) is 0 Å². The molecule has 0 aromatic carbocycles. The molecule has 1 unspecified atom stereocenters. The minimum absolute atomic E-state index is 0.308. The second-order valence-corrected chi connectivity index (χ2v) is 2.92. The van der Waals surface area contributed by atoms with Crippen LogP contribution in [-0.4, -0.2) is 36.8 Å². The maximum absolute atomic E-state index is 8.69. The Kier molecular flexibility index (Phi) is 5.64. The van der Waals surface area contributed by atoms with Crippen molar-refractivity contribution in [2.24, 2.45) is 0 Å². The van der Waals surface area contributed by atoms with Crippen molar-refractivity contribution in [1.29, 1.82) is 0 Å². The number of nitrogens with zero attached hydrogens (tertiary/aromatic N) is 1. The van der Waals surface area contributed by atoms with Crippen LogP contribution in [0.2, 0.25) is 0 Å². The maximum atomic E-state index is 8.69. The van der Waals surface area contributed by atoms with Crippen molar-refractivity contribution in [3.8, 4) is 0 Å². The number of aliphatic hydroxyl groups excluding tert-OH is 1. The van der Waals surface area contributed by atoms with Crippen LogP contribution < -0.4 is 0 Å². The van der Waals surface area contributed by atoms with E-state index in [0.717, 1.165) is 6.42 Å². The molecule has 2 heteroatoms. The fourth-order valence-corrected chi connectivity index (χ4v) is 1.14. The fraction of sp³-hybridized carbons (Fsp3) is 1.00. The minimum Gasteiger partial charge on any atom is -0.396 e. The summed E-state index contributed by atoms with van der Waals surface area (Å²) in [6, 6.07) is 0.565. The molecule has 0 bridgehead atoms. The number of rotatable bonds is 5. The van der Waals surface area contributed by atoms with E-state index in [0.29, 0.717) is 12.6 Å². The molecule has 0 amide bonds. The van der Waals surface area contributed by atoms with Gasteiger partial charge in [0.1, 0.15) is 0 Å². The van der Waals surface area contributed by atoms with Crippen molar-refractivity contribution in [2.75, 3.05) is 20.7 Å². The molecule has 10 heavy (non-hydrogen) atoms. The lowest BCUT2D eigenvalue weighted by Crippen LogP contribution is -2.28. The van der Waals surface area contributed by atoms with E-state index in [1.165, 1.54) is 12.8 Å². The van der Waals surface area contributed by atoms with Gasteiger partial charge in [-0.15, -0.1) is 0 Å². The van der Waals surface area contributed by atoms with E-state index in [1.54, 1.807) is 0 Å². The molecule has 1 atom stereocenters. The number of hydrogen-bond acceptors (Lipinski definition) is 2. The summed E-state index contributed by atoms with van der Waals surface area (Å²) in [6.45, 7) is 2.48. The molecule has 0 fully saturated rings. The van der Waals surface area contributed by atoms with Crippen LogP contribution in [0.5, 0.6) is 0 Å². The van der Waals surface area contributed by atoms with E-state index in [4.69, 9.17) is 5.11 Å². The summed E-state index contributed by atoms with van der Waals surface area (Å²) in [7, 11) is 4.13. The van der Waals surface area contributed by atoms with E-state index in [2.05, 4.69) is 25.9 Å². The van der Waals surface area contributed by atoms with Crippen LogP contribution in [0.25, 0.3) is 0 Å². The normalized spacial score (nSPS) is 14.1. The van der Waals surface area contributed by atoms with Crippen LogP contribution in [0.15, 0.2) is 0 Å². The number of aliphatic hydroxyl groups is 1. The molecule has 0 rings (SSSR count). The van der Waals surface area contributed by atoms with Gasteiger partial charge < -0.3 is 10.0 Å². The minimum atomic E-state index is 0.308. The van der Waals surface area contributed by atoms with Crippen LogP contribution in [0.1, 0.15) is 26.2 Å². The standard InChI is InChI=1S/C8H19NO/c1-4-5-8(6-7-10)9(2)3/h8,10H,4-7H2,1-3H3. The highest BCUT2D eigenvalue weighted by molar-refractivity contribution is 4.63. The molecule has 0 aliphatic carbocycles. The summed E-state index contributed by atoms with van der Waals surface area (Å²) in [5.41, 5.74) is 0. The van der Waals surface area contributed by atoms with Gasteiger partial charge in [-0.25, -0.2) is 0 Å². The van der Waals surface area contributed by atoms with E-state index < -0.39 is 0 Å². The first-order chi connectivity index (χ1) is 4.72. The van der Waals surface area contributed by atoms with Crippen LogP contribution in [0, 0.1) is 0 Å². The van der Waals surface area contributed by atoms with Gasteiger partial charge in [-0.2, -0.15) is 0 Å². The van der Waals surface area contributed by atoms with Gasteiger partial charge in [-0.05, 0) is 26.9 Å². The van der Waals surface area contributed by atoms with Gasteiger partial charge in [-0.1, -0.05) is 13.3 Å². The van der Waals surface area contributed by atoms with Crippen LogP contribution in [-0.2, 0) is 0 Å². The molecule has 0 aliphatic heterocycles. The molecule has 0 radical (unpaired) electrons. The second-order valence-electron chi connectivity index (χ2n) is 2.92. The average molecular weight is 145 g/mol. The first kappa shape index (κ1) is 9.92. The van der Waals surface area contributed by atoms with Crippen LogP contribution >= 0.6 is 0 Å². The second kappa shape index (κ2) is 5.69. The Labute approximate surface area is 63.8 Å². The van der Waals surface area contributed by atoms with Gasteiger partial charge in [0.2, 0.25) is 0 Å². The first-order valence-corrected chi connectivity index (χ1v) is 3.99. The summed E-state index contributed by atoms with van der Waals surface area (Å²) >= 11 is 0. The smallest absolute Gasteiger partial charge is 0.0445 e. The van der Waals surface area contributed by atoms with E-state index in [-0.39, 0.29) is 0 Å². The van der Waals surface area contributed by atoms with Gasteiger partial charge in [0.05, 0.1) is 0 Å². The van der Waals surface area contributed by atoms with Gasteiger partial charge in [0, 0.05) is 12.6 Å². The maximum Gasteiger partial charge on any atom is 0.0445 e. The van der Waals surface area contributed by atoms with E-state index >= 15 is 0 Å². The first-order valence-electron chi connectivity index (χ1n) is 3.99. The van der Waals surface area contributed by atoms with Crippen molar-refractivity contribution >= 4 is 0 Å². The Morgan fingerprint density at radius 2 is 1.90 bits per heavy atom. The van der Waals surface area contributed by atoms with Crippen molar-refractivity contribution in [2.45, 2.75) is 32.2 Å². The zero-order valence-corrected chi connectivity index (χ0v) is 7.30. The Balaban J connectivity index is 3.50. The highest BCUT2D eigenvalue weighted by Crippen LogP contribution is 2.06. The highest BCUT2D eigenvalue weighted by atomic mass is 16.3. The van der Waals surface area contributed by atoms with Crippen molar-refractivity contribution < 1.29 is 5.11 Å². The Morgan fingerprint density at radius 1 is 1.30 bits per heavy atom. The summed E-state index contributed by atoms with van der Waals surface area (Å²) in [4.78, 5) is 2.18. The summed E-state index contributed by atoms with van der Waals surface area (Å²) in [6.07, 6.45) is 3.29. The van der Waals surface area contributed by atoms with Gasteiger partial charge >= 0.3 is 0 Å². The van der Waals surface area contributed by atoms with Gasteiger partial charge in [-0.3, -0.25) is 0 Å². The quantitative estimate of drug-likeness (QED) is 0.626. The summed E-state index contributed by atoms with van der Waals surface area (Å²) in [5, 5.41) is 8.69. The predicted octanol–water partition coefficient (Wildman–Crippen LogP) is 1.10. The van der Waals surface area contributed by atoms with Crippen molar-refractivity contribution in [3.05, 3.63) is 0 Å². The van der Waals surface area contributed by atoms with Gasteiger partial charge in [0.15, 0.2) is 0 Å². The summed E-state index contributed by atoms with van der Waals surface area (Å²) < 4.78 is 0. The SMILES string of the molecule is CCCC(CCO)N(C)C. The molecule has 0 saturated carbocycles. The third-order valence-electron chi connectivity index (χ3n) is 1.81. The largest absolute Gasteiger partial charge is 0.396 e. The third kappa shape index (κ3) is 3.85. The zero-order valence-electron chi connectivity index (χ0n) is 7.30. The topological polar surface area (TPSA) is 23.5 Å². The molecule has 0 spiro atoms. The number of hydrogen-bond donors (Lipinski definition) is 1. The lowest BCUT2D eigenvalue weighted by atomic mass is 10.1. The van der Waals surface area contributed by atoms with Crippen LogP contribution in [0.4, 0.5) is 0 Å². The third-order valence-corrected chi connectivity index (χ3v) is 1.81. The molecular weight excluding hydrogens is 126 g/mol. The monoisotopic (exact) mass is 145 g/mol. The van der Waals surface area contributed by atoms with Gasteiger partial charge in [0.25, 0.3) is 0 Å². The summed E-state index contributed by atoms with van der Waals surface area (Å²) in [5.74, 6) is 0. The molecule has 0 heterocycles. The molecule has 0 aliphatic rings. The Bertz CT molecular complexity index is 67.7.